The molecule has 0 spiro atoms. The molecular weight excluding hydrogens is 448 g/mol. The van der Waals surface area contributed by atoms with E-state index in [0.29, 0.717) is 29.5 Å². The van der Waals surface area contributed by atoms with Crippen molar-refractivity contribution in [3.05, 3.63) is 40.5 Å². The fourth-order valence-electron chi connectivity index (χ4n) is 4.35. The third kappa shape index (κ3) is 4.38. The van der Waals surface area contributed by atoms with Crippen molar-refractivity contribution >= 4 is 12.2 Å². The number of aliphatic hydroxyl groups excluding tert-OH is 4. The van der Waals surface area contributed by atoms with Crippen molar-refractivity contribution in [2.24, 2.45) is 0 Å². The van der Waals surface area contributed by atoms with Crippen molar-refractivity contribution in [1.82, 2.24) is 0 Å². The van der Waals surface area contributed by atoms with Crippen molar-refractivity contribution in [2.75, 3.05) is 6.61 Å². The Balaban J connectivity index is 1.74. The molecule has 0 bridgehead atoms. The Morgan fingerprint density at radius 2 is 1.56 bits per heavy atom. The van der Waals surface area contributed by atoms with Gasteiger partial charge in [-0.05, 0) is 49.5 Å². The van der Waals surface area contributed by atoms with Gasteiger partial charge in [-0.25, -0.2) is 0 Å². The largest absolute Gasteiger partial charge is 0.507 e. The van der Waals surface area contributed by atoms with Gasteiger partial charge in [0.1, 0.15) is 30.2 Å². The lowest BCUT2D eigenvalue weighted by Crippen LogP contribution is -2.60. The zero-order chi connectivity index (χ0) is 24.6. The summed E-state index contributed by atoms with van der Waals surface area (Å²) in [5, 5.41) is 81.0. The zero-order valence-corrected chi connectivity index (χ0v) is 18.2. The third-order valence-electron chi connectivity index (χ3n) is 6.28. The minimum Gasteiger partial charge on any atom is -0.507 e. The summed E-state index contributed by atoms with van der Waals surface area (Å²) in [6, 6.07) is 4.14. The van der Waals surface area contributed by atoms with E-state index in [4.69, 9.17) is 9.47 Å². The predicted octanol–water partition coefficient (Wildman–Crippen LogP) is 0.737. The van der Waals surface area contributed by atoms with E-state index in [-0.39, 0.29) is 28.6 Å². The van der Waals surface area contributed by atoms with Gasteiger partial charge in [0.05, 0.1) is 12.2 Å². The molecule has 4 rings (SSSR count). The van der Waals surface area contributed by atoms with Gasteiger partial charge in [-0.3, -0.25) is 0 Å². The van der Waals surface area contributed by atoms with Crippen LogP contribution in [0.3, 0.4) is 0 Å². The molecule has 10 heteroatoms. The quantitative estimate of drug-likeness (QED) is 0.226. The maximum Gasteiger partial charge on any atom is 0.229 e. The fraction of sp³-hybridized carbons (Fsp3) is 0.417. The summed E-state index contributed by atoms with van der Waals surface area (Å²) in [6.45, 7) is -0.627. The molecule has 2 aliphatic rings. The Hall–Kier alpha value is -3.02. The number of aromatic hydroxyl groups is 4. The summed E-state index contributed by atoms with van der Waals surface area (Å²) < 4.78 is 11.2. The van der Waals surface area contributed by atoms with Crippen LogP contribution in [0.15, 0.2) is 18.2 Å². The van der Waals surface area contributed by atoms with Crippen LogP contribution < -0.4 is 4.74 Å². The number of hydrogen-bond acceptors (Lipinski definition) is 10. The second kappa shape index (κ2) is 9.69. The molecule has 0 unspecified atom stereocenters. The smallest absolute Gasteiger partial charge is 0.229 e. The highest BCUT2D eigenvalue weighted by atomic mass is 16.7. The first-order valence-corrected chi connectivity index (χ1v) is 11.0. The Labute approximate surface area is 195 Å². The molecule has 0 radical (unpaired) electrons. The summed E-state index contributed by atoms with van der Waals surface area (Å²) in [6.07, 6.45) is -2.01. The summed E-state index contributed by atoms with van der Waals surface area (Å²) in [4.78, 5) is 0. The standard InChI is InChI=1S/C24H28O10/c25-10-17-20(30)21(31)22(32)24(33-17)34-23-13-4-2-1-3-12(13)18(28)14(19(23)29)7-5-11-6-8-15(26)16(27)9-11/h5-9,17,20-22,24-32H,1-4,10H2/t17-,20+,21+,22+,24-/m1/s1. The Kier molecular flexibility index (Phi) is 6.87. The Morgan fingerprint density at radius 3 is 2.24 bits per heavy atom. The topological polar surface area (TPSA) is 180 Å². The zero-order valence-electron chi connectivity index (χ0n) is 18.2. The molecule has 2 aromatic carbocycles. The number of hydrogen-bond donors (Lipinski definition) is 8. The van der Waals surface area contributed by atoms with E-state index in [1.807, 2.05) is 0 Å². The van der Waals surface area contributed by atoms with Gasteiger partial charge >= 0.3 is 0 Å². The second-order valence-electron chi connectivity index (χ2n) is 8.50. The molecule has 10 nitrogen and oxygen atoms in total. The lowest BCUT2D eigenvalue weighted by Gasteiger charge is -2.40. The first-order chi connectivity index (χ1) is 16.2. The molecule has 1 aliphatic heterocycles. The number of fused-ring (bicyclic) bond motifs is 1. The second-order valence-corrected chi connectivity index (χ2v) is 8.50. The van der Waals surface area contributed by atoms with Gasteiger partial charge in [-0.15, -0.1) is 0 Å². The van der Waals surface area contributed by atoms with Crippen LogP contribution in [-0.2, 0) is 17.6 Å². The molecule has 0 saturated carbocycles. The first kappa shape index (κ1) is 24.1. The minimum atomic E-state index is -1.66. The Morgan fingerprint density at radius 1 is 0.853 bits per heavy atom. The van der Waals surface area contributed by atoms with Crippen molar-refractivity contribution in [3.63, 3.8) is 0 Å². The van der Waals surface area contributed by atoms with Crippen molar-refractivity contribution in [1.29, 1.82) is 0 Å². The molecule has 8 N–H and O–H groups in total. The lowest BCUT2D eigenvalue weighted by atomic mass is 9.87. The van der Waals surface area contributed by atoms with Gasteiger partial charge in [0.15, 0.2) is 23.0 Å². The molecule has 1 fully saturated rings. The van der Waals surface area contributed by atoms with E-state index < -0.39 is 43.1 Å². The van der Waals surface area contributed by atoms with E-state index in [9.17, 15) is 40.9 Å². The molecule has 5 atom stereocenters. The summed E-state index contributed by atoms with van der Waals surface area (Å²) in [5.74, 6) is -1.20. The van der Waals surface area contributed by atoms with Crippen molar-refractivity contribution in [3.8, 4) is 28.7 Å². The summed E-state index contributed by atoms with van der Waals surface area (Å²) in [7, 11) is 0. The first-order valence-electron chi connectivity index (χ1n) is 11.0. The highest BCUT2D eigenvalue weighted by Crippen LogP contribution is 2.47. The average Bonchev–Trinajstić information content (AvgIpc) is 2.83. The van der Waals surface area contributed by atoms with Crippen LogP contribution in [0.25, 0.3) is 12.2 Å². The monoisotopic (exact) mass is 476 g/mol. The SMILES string of the molecule is OC[C@H]1O[C@H](Oc2c(O)c(C=Cc3ccc(O)c(O)c3)c(O)c3c2CCCC3)[C@@H](O)[C@@H](O)[C@H]1O. The molecule has 2 aromatic rings. The highest BCUT2D eigenvalue weighted by Gasteiger charge is 2.45. The van der Waals surface area contributed by atoms with Gasteiger partial charge in [0, 0.05) is 11.1 Å². The molecule has 0 aromatic heterocycles. The number of phenolic OH excluding ortho intramolecular Hbond substituents is 4. The van der Waals surface area contributed by atoms with Gasteiger partial charge in [-0.2, -0.15) is 0 Å². The number of benzene rings is 2. The van der Waals surface area contributed by atoms with Crippen LogP contribution in [0.2, 0.25) is 0 Å². The molecule has 34 heavy (non-hydrogen) atoms. The number of rotatable bonds is 5. The molecular formula is C24H28O10. The molecule has 1 saturated heterocycles. The van der Waals surface area contributed by atoms with Gasteiger partial charge in [0.2, 0.25) is 6.29 Å². The number of ether oxygens (including phenoxy) is 2. The molecule has 184 valence electrons. The van der Waals surface area contributed by atoms with E-state index in [1.165, 1.54) is 30.4 Å². The fourth-order valence-corrected chi connectivity index (χ4v) is 4.35. The Bertz CT molecular complexity index is 1080. The van der Waals surface area contributed by atoms with Crippen LogP contribution in [0.4, 0.5) is 0 Å². The van der Waals surface area contributed by atoms with E-state index in [2.05, 4.69) is 0 Å². The highest BCUT2D eigenvalue weighted by molar-refractivity contribution is 5.80. The lowest BCUT2D eigenvalue weighted by molar-refractivity contribution is -0.277. The van der Waals surface area contributed by atoms with E-state index in [1.54, 1.807) is 0 Å². The van der Waals surface area contributed by atoms with Crippen molar-refractivity contribution in [2.45, 2.75) is 56.4 Å². The normalized spacial score (nSPS) is 27.0. The van der Waals surface area contributed by atoms with Gasteiger partial charge in [-0.1, -0.05) is 12.1 Å². The molecule has 0 amide bonds. The molecule has 1 aliphatic carbocycles. The number of aliphatic hydroxyl groups is 4. The van der Waals surface area contributed by atoms with Crippen LogP contribution in [0, 0.1) is 0 Å². The summed E-state index contributed by atoms with van der Waals surface area (Å²) in [5.41, 5.74) is 1.63. The number of phenols is 4. The minimum absolute atomic E-state index is 0.0350. The summed E-state index contributed by atoms with van der Waals surface area (Å²) >= 11 is 0. The van der Waals surface area contributed by atoms with Gasteiger partial charge in [0.25, 0.3) is 0 Å². The molecule has 1 heterocycles. The third-order valence-corrected chi connectivity index (χ3v) is 6.28. The average molecular weight is 476 g/mol. The van der Waals surface area contributed by atoms with Crippen LogP contribution in [0.5, 0.6) is 28.7 Å². The van der Waals surface area contributed by atoms with Crippen LogP contribution in [-0.4, -0.2) is 78.2 Å². The van der Waals surface area contributed by atoms with E-state index >= 15 is 0 Å². The van der Waals surface area contributed by atoms with Crippen LogP contribution in [0.1, 0.15) is 35.1 Å². The predicted molar refractivity (Wildman–Crippen MR) is 120 cm³/mol. The maximum absolute atomic E-state index is 11.0. The van der Waals surface area contributed by atoms with Crippen LogP contribution >= 0.6 is 0 Å². The van der Waals surface area contributed by atoms with Crippen molar-refractivity contribution < 1.29 is 50.3 Å². The van der Waals surface area contributed by atoms with Gasteiger partial charge < -0.3 is 50.3 Å². The van der Waals surface area contributed by atoms with E-state index in [0.717, 1.165) is 12.8 Å². The maximum atomic E-state index is 11.0.